The van der Waals surface area contributed by atoms with Gasteiger partial charge in [-0.1, -0.05) is 18.9 Å². The molecule has 0 radical (unpaired) electrons. The number of Topliss-reactive ketones (excluding diaryl/α,β-unsaturated/α-hetero) is 1. The first-order valence-corrected chi connectivity index (χ1v) is 5.77. The van der Waals surface area contributed by atoms with Gasteiger partial charge in [-0.15, -0.1) is 0 Å². The van der Waals surface area contributed by atoms with E-state index in [0.717, 1.165) is 30.3 Å². The van der Waals surface area contributed by atoms with E-state index in [9.17, 15) is 9.59 Å². The smallest absolute Gasteiger partial charge is 0.144 e. The largest absolute Gasteiger partial charge is 0.496 e. The van der Waals surface area contributed by atoms with Gasteiger partial charge in [0.15, 0.2) is 0 Å². The summed E-state index contributed by atoms with van der Waals surface area (Å²) < 4.78 is 5.28. The molecule has 16 heavy (non-hydrogen) atoms. The molecule has 3 nitrogen and oxygen atoms in total. The molecule has 1 unspecified atom stereocenters. The van der Waals surface area contributed by atoms with Crippen LogP contribution in [0.15, 0.2) is 23.0 Å². The third-order valence-corrected chi connectivity index (χ3v) is 3.25. The van der Waals surface area contributed by atoms with Crippen LogP contribution in [0.3, 0.4) is 0 Å². The molecule has 86 valence electrons. The third-order valence-electron chi connectivity index (χ3n) is 3.25. The van der Waals surface area contributed by atoms with E-state index in [1.165, 1.54) is 5.57 Å². The van der Waals surface area contributed by atoms with Gasteiger partial charge >= 0.3 is 0 Å². The van der Waals surface area contributed by atoms with Crippen LogP contribution in [0.2, 0.25) is 0 Å². The predicted octanol–water partition coefficient (Wildman–Crippen LogP) is 2.18. The van der Waals surface area contributed by atoms with Crippen LogP contribution in [0, 0.1) is 5.92 Å². The summed E-state index contributed by atoms with van der Waals surface area (Å²) in [6.07, 6.45) is 5.18. The monoisotopic (exact) mass is 220 g/mol. The van der Waals surface area contributed by atoms with Crippen LogP contribution in [0.1, 0.15) is 32.6 Å². The number of aldehydes is 1. The number of ether oxygens (including phenoxy) is 1. The summed E-state index contributed by atoms with van der Waals surface area (Å²) in [6.45, 7) is 2.66. The van der Waals surface area contributed by atoms with E-state index in [0.29, 0.717) is 19.4 Å². The Hall–Kier alpha value is -1.38. The minimum atomic E-state index is -0.189. The van der Waals surface area contributed by atoms with Gasteiger partial charge < -0.3 is 9.53 Å². The summed E-state index contributed by atoms with van der Waals surface area (Å²) in [4.78, 5) is 22.6. The zero-order valence-corrected chi connectivity index (χ0v) is 9.49. The Bertz CT molecular complexity index is 377. The normalized spacial score (nSPS) is 23.9. The second kappa shape index (κ2) is 4.64. The van der Waals surface area contributed by atoms with Crippen molar-refractivity contribution >= 4 is 12.1 Å². The number of hydrogen-bond acceptors (Lipinski definition) is 3. The van der Waals surface area contributed by atoms with E-state index >= 15 is 0 Å². The van der Waals surface area contributed by atoms with Crippen LogP contribution in [0.5, 0.6) is 0 Å². The molecule has 1 aliphatic carbocycles. The fourth-order valence-electron chi connectivity index (χ4n) is 2.52. The van der Waals surface area contributed by atoms with Crippen molar-refractivity contribution in [3.63, 3.8) is 0 Å². The van der Waals surface area contributed by atoms with E-state index in [4.69, 9.17) is 4.74 Å². The Labute approximate surface area is 95.2 Å². The number of carbonyl (C=O) groups is 2. The van der Waals surface area contributed by atoms with Crippen molar-refractivity contribution in [3.8, 4) is 0 Å². The number of rotatable bonds is 4. The summed E-state index contributed by atoms with van der Waals surface area (Å²) in [7, 11) is 0. The number of carbonyl (C=O) groups excluding carboxylic acids is 2. The minimum Gasteiger partial charge on any atom is -0.496 e. The van der Waals surface area contributed by atoms with E-state index in [2.05, 4.69) is 6.92 Å². The van der Waals surface area contributed by atoms with Gasteiger partial charge in [0.25, 0.3) is 0 Å². The van der Waals surface area contributed by atoms with E-state index in [1.807, 2.05) is 0 Å². The van der Waals surface area contributed by atoms with Gasteiger partial charge in [0, 0.05) is 24.3 Å². The van der Waals surface area contributed by atoms with Gasteiger partial charge in [0.05, 0.1) is 6.26 Å². The van der Waals surface area contributed by atoms with Crippen LogP contribution in [0.25, 0.3) is 0 Å². The third kappa shape index (κ3) is 1.82. The molecule has 1 heterocycles. The van der Waals surface area contributed by atoms with Crippen molar-refractivity contribution in [1.82, 2.24) is 0 Å². The maximum atomic E-state index is 11.9. The number of allylic oxidation sites excluding steroid dienone is 1. The van der Waals surface area contributed by atoms with Crippen LogP contribution < -0.4 is 0 Å². The highest BCUT2D eigenvalue weighted by molar-refractivity contribution is 5.91. The molecular weight excluding hydrogens is 204 g/mol. The summed E-state index contributed by atoms with van der Waals surface area (Å²) in [6, 6.07) is 0. The van der Waals surface area contributed by atoms with Crippen molar-refractivity contribution in [3.05, 3.63) is 23.0 Å². The fraction of sp³-hybridized carbons (Fsp3) is 0.538. The zero-order chi connectivity index (χ0) is 11.5. The van der Waals surface area contributed by atoms with Gasteiger partial charge in [0.1, 0.15) is 18.7 Å². The van der Waals surface area contributed by atoms with Crippen LogP contribution in [-0.4, -0.2) is 18.7 Å². The topological polar surface area (TPSA) is 43.4 Å². The summed E-state index contributed by atoms with van der Waals surface area (Å²) in [5.74, 6) is -0.0256. The lowest BCUT2D eigenvalue weighted by molar-refractivity contribution is -0.123. The molecule has 1 atom stereocenters. The lowest BCUT2D eigenvalue weighted by Crippen LogP contribution is -2.24. The lowest BCUT2D eigenvalue weighted by Gasteiger charge is -2.25. The van der Waals surface area contributed by atoms with Crippen molar-refractivity contribution in [2.45, 2.75) is 32.6 Å². The molecule has 1 aliphatic heterocycles. The van der Waals surface area contributed by atoms with E-state index in [1.54, 1.807) is 6.26 Å². The predicted molar refractivity (Wildman–Crippen MR) is 59.8 cm³/mol. The molecular formula is C13H16O3. The van der Waals surface area contributed by atoms with Crippen molar-refractivity contribution in [2.75, 3.05) is 6.61 Å². The molecule has 2 aliphatic rings. The maximum absolute atomic E-state index is 11.9. The molecule has 0 fully saturated rings. The summed E-state index contributed by atoms with van der Waals surface area (Å²) in [5, 5.41) is 0. The van der Waals surface area contributed by atoms with Crippen LogP contribution >= 0.6 is 0 Å². The molecule has 0 N–H and O–H groups in total. The van der Waals surface area contributed by atoms with Crippen molar-refractivity contribution in [1.29, 1.82) is 0 Å². The van der Waals surface area contributed by atoms with Crippen LogP contribution in [0.4, 0.5) is 0 Å². The Morgan fingerprint density at radius 1 is 1.56 bits per heavy atom. The number of ketones is 1. The van der Waals surface area contributed by atoms with Crippen molar-refractivity contribution in [2.24, 2.45) is 5.92 Å². The van der Waals surface area contributed by atoms with Crippen LogP contribution in [-0.2, 0) is 14.3 Å². The van der Waals surface area contributed by atoms with Gasteiger partial charge in [-0.3, -0.25) is 4.79 Å². The first kappa shape index (κ1) is 11.1. The quantitative estimate of drug-likeness (QED) is 0.682. The SMILES string of the molecule is CCCC1=C2COC=C2CC(=O)C1CC=O. The lowest BCUT2D eigenvalue weighted by atomic mass is 9.77. The zero-order valence-electron chi connectivity index (χ0n) is 9.49. The highest BCUT2D eigenvalue weighted by atomic mass is 16.5. The van der Waals surface area contributed by atoms with Crippen molar-refractivity contribution < 1.29 is 14.3 Å². The Morgan fingerprint density at radius 2 is 2.38 bits per heavy atom. The highest BCUT2D eigenvalue weighted by Gasteiger charge is 2.33. The fourth-order valence-corrected chi connectivity index (χ4v) is 2.52. The van der Waals surface area contributed by atoms with Gasteiger partial charge in [-0.05, 0) is 12.0 Å². The molecule has 0 aromatic carbocycles. The molecule has 0 amide bonds. The van der Waals surface area contributed by atoms with Gasteiger partial charge in [0.2, 0.25) is 0 Å². The second-order valence-corrected chi connectivity index (χ2v) is 4.31. The summed E-state index contributed by atoms with van der Waals surface area (Å²) in [5.41, 5.74) is 3.33. The molecule has 2 rings (SSSR count). The Kier molecular flexibility index (Phi) is 3.22. The maximum Gasteiger partial charge on any atom is 0.144 e. The number of fused-ring (bicyclic) bond motifs is 1. The molecule has 3 heteroatoms. The second-order valence-electron chi connectivity index (χ2n) is 4.31. The van der Waals surface area contributed by atoms with E-state index < -0.39 is 0 Å². The molecule has 0 aromatic rings. The van der Waals surface area contributed by atoms with E-state index in [-0.39, 0.29) is 11.7 Å². The molecule has 0 bridgehead atoms. The molecule has 0 saturated carbocycles. The van der Waals surface area contributed by atoms with Gasteiger partial charge in [-0.25, -0.2) is 0 Å². The first-order chi connectivity index (χ1) is 7.77. The van der Waals surface area contributed by atoms with Gasteiger partial charge in [-0.2, -0.15) is 0 Å². The first-order valence-electron chi connectivity index (χ1n) is 5.77. The molecule has 0 aromatic heterocycles. The average Bonchev–Trinajstić information content (AvgIpc) is 2.71. The summed E-state index contributed by atoms with van der Waals surface area (Å²) >= 11 is 0. The highest BCUT2D eigenvalue weighted by Crippen LogP contribution is 2.38. The Balaban J connectivity index is 2.37. The average molecular weight is 220 g/mol. The minimum absolute atomic E-state index is 0.163. The Morgan fingerprint density at radius 3 is 3.06 bits per heavy atom. The molecule has 0 spiro atoms. The standard InChI is InChI=1S/C13H16O3/c1-2-3-10-11(4-5-14)13(15)6-9-7-16-8-12(9)10/h5,7,11H,2-4,6,8H2,1H3. The number of hydrogen-bond donors (Lipinski definition) is 0. The molecule has 0 saturated heterocycles.